The highest BCUT2D eigenvalue weighted by Crippen LogP contribution is 2.36. The molecular weight excluding hydrogens is 392 g/mol. The van der Waals surface area contributed by atoms with Crippen LogP contribution in [0, 0.1) is 0 Å². The van der Waals surface area contributed by atoms with Crippen LogP contribution in [0.15, 0.2) is 42.5 Å². The second-order valence-corrected chi connectivity index (χ2v) is 8.85. The van der Waals surface area contributed by atoms with Crippen molar-refractivity contribution in [2.45, 2.75) is 25.8 Å². The van der Waals surface area contributed by atoms with Crippen molar-refractivity contribution in [3.05, 3.63) is 48.0 Å². The highest BCUT2D eigenvalue weighted by Gasteiger charge is 2.35. The zero-order valence-corrected chi connectivity index (χ0v) is 17.9. The third-order valence-electron chi connectivity index (χ3n) is 5.07. The first-order chi connectivity index (χ1) is 13.8. The van der Waals surface area contributed by atoms with Gasteiger partial charge in [0, 0.05) is 18.3 Å². The van der Waals surface area contributed by atoms with Crippen LogP contribution in [0.5, 0.6) is 11.5 Å². The van der Waals surface area contributed by atoms with Crippen molar-refractivity contribution in [2.24, 2.45) is 0 Å². The molecule has 0 spiro atoms. The van der Waals surface area contributed by atoms with Crippen molar-refractivity contribution in [3.8, 4) is 11.5 Å². The van der Waals surface area contributed by atoms with Crippen LogP contribution in [-0.2, 0) is 21.2 Å². The summed E-state index contributed by atoms with van der Waals surface area (Å²) in [6.45, 7) is 2.15. The highest BCUT2D eigenvalue weighted by molar-refractivity contribution is 7.92. The quantitative estimate of drug-likeness (QED) is 0.721. The van der Waals surface area contributed by atoms with Crippen LogP contribution in [0.4, 0.5) is 11.4 Å². The van der Waals surface area contributed by atoms with Crippen LogP contribution >= 0.6 is 0 Å². The number of para-hydroxylation sites is 1. The van der Waals surface area contributed by atoms with Gasteiger partial charge in [0.15, 0.2) is 0 Å². The molecule has 1 atom stereocenters. The van der Waals surface area contributed by atoms with E-state index in [0.29, 0.717) is 18.0 Å². The lowest BCUT2D eigenvalue weighted by Crippen LogP contribution is -2.51. The lowest BCUT2D eigenvalue weighted by Gasteiger charge is -2.35. The number of methoxy groups -OCH3 is 2. The number of amides is 1. The van der Waals surface area contributed by atoms with Gasteiger partial charge in [0.25, 0.3) is 5.91 Å². The molecule has 1 amide bonds. The molecule has 0 N–H and O–H groups in total. The fourth-order valence-electron chi connectivity index (χ4n) is 3.73. The van der Waals surface area contributed by atoms with Gasteiger partial charge in [-0.3, -0.25) is 9.10 Å². The normalized spacial score (nSPS) is 14.7. The number of hydrogen-bond acceptors (Lipinski definition) is 5. The van der Waals surface area contributed by atoms with Crippen LogP contribution in [0.2, 0.25) is 0 Å². The molecule has 8 heteroatoms. The number of hydrogen-bond donors (Lipinski definition) is 0. The Morgan fingerprint density at radius 2 is 1.86 bits per heavy atom. The third-order valence-corrected chi connectivity index (χ3v) is 6.29. The van der Waals surface area contributed by atoms with E-state index < -0.39 is 16.1 Å². The number of fused-ring (bicyclic) bond motifs is 1. The number of nitrogens with zero attached hydrogens (tertiary/aromatic N) is 2. The number of benzene rings is 2. The summed E-state index contributed by atoms with van der Waals surface area (Å²) in [5, 5.41) is 0. The molecule has 0 unspecified atom stereocenters. The maximum absolute atomic E-state index is 13.4. The monoisotopic (exact) mass is 418 g/mol. The molecule has 1 aliphatic rings. The Hall–Kier alpha value is -2.74. The second kappa shape index (κ2) is 8.32. The molecule has 1 heterocycles. The number of rotatable bonds is 6. The van der Waals surface area contributed by atoms with Crippen molar-refractivity contribution >= 4 is 27.3 Å². The van der Waals surface area contributed by atoms with Gasteiger partial charge in [-0.25, -0.2) is 8.42 Å². The molecule has 0 saturated heterocycles. The summed E-state index contributed by atoms with van der Waals surface area (Å²) in [6.07, 6.45) is 2.81. The van der Waals surface area contributed by atoms with Crippen LogP contribution < -0.4 is 18.7 Å². The number of sulfonamides is 1. The molecule has 0 radical (unpaired) electrons. The van der Waals surface area contributed by atoms with Crippen LogP contribution in [-0.4, -0.2) is 47.4 Å². The van der Waals surface area contributed by atoms with E-state index in [1.807, 2.05) is 24.3 Å². The Morgan fingerprint density at radius 1 is 1.14 bits per heavy atom. The van der Waals surface area contributed by atoms with E-state index >= 15 is 0 Å². The van der Waals surface area contributed by atoms with Gasteiger partial charge in [-0.1, -0.05) is 18.2 Å². The van der Waals surface area contributed by atoms with E-state index in [1.54, 1.807) is 30.0 Å². The predicted molar refractivity (Wildman–Crippen MR) is 113 cm³/mol. The van der Waals surface area contributed by atoms with E-state index in [-0.39, 0.29) is 11.6 Å². The Kier molecular flexibility index (Phi) is 6.02. The lowest BCUT2D eigenvalue weighted by atomic mass is 10.0. The maximum Gasteiger partial charge on any atom is 0.250 e. The van der Waals surface area contributed by atoms with E-state index in [9.17, 15) is 13.2 Å². The Morgan fingerprint density at radius 3 is 2.52 bits per heavy atom. The summed E-state index contributed by atoms with van der Waals surface area (Å²) in [6, 6.07) is 11.6. The van der Waals surface area contributed by atoms with Gasteiger partial charge in [-0.05, 0) is 43.5 Å². The van der Waals surface area contributed by atoms with Crippen LogP contribution in [0.1, 0.15) is 18.9 Å². The van der Waals surface area contributed by atoms with Crippen LogP contribution in [0.25, 0.3) is 0 Å². The van der Waals surface area contributed by atoms with Crippen molar-refractivity contribution < 1.29 is 22.7 Å². The average molecular weight is 419 g/mol. The van der Waals surface area contributed by atoms with E-state index in [4.69, 9.17) is 9.47 Å². The van der Waals surface area contributed by atoms with Gasteiger partial charge >= 0.3 is 0 Å². The van der Waals surface area contributed by atoms with Crippen molar-refractivity contribution in [3.63, 3.8) is 0 Å². The van der Waals surface area contributed by atoms with Gasteiger partial charge in [0.05, 0.1) is 26.2 Å². The highest BCUT2D eigenvalue weighted by atomic mass is 32.2. The van der Waals surface area contributed by atoms with Crippen molar-refractivity contribution in [2.75, 3.05) is 36.2 Å². The molecule has 0 fully saturated rings. The minimum Gasteiger partial charge on any atom is -0.497 e. The van der Waals surface area contributed by atoms with E-state index in [2.05, 4.69) is 0 Å². The van der Waals surface area contributed by atoms with Gasteiger partial charge in [0.2, 0.25) is 10.0 Å². The minimum absolute atomic E-state index is 0.264. The Labute approximate surface area is 171 Å². The van der Waals surface area contributed by atoms with E-state index in [1.165, 1.54) is 14.2 Å². The molecule has 2 aromatic carbocycles. The minimum atomic E-state index is -3.79. The smallest absolute Gasteiger partial charge is 0.250 e. The molecular formula is C21H26N2O5S. The standard InChI is InChI=1S/C21H26N2O5S/c1-15(21(24)22-13-7-9-16-8-5-6-10-18(16)22)23(29(4,25)26)19-14-17(27-2)11-12-20(19)28-3/h5-6,8,10-12,14-15H,7,9,13H2,1-4H3/t15-/m0/s1. The molecule has 0 saturated carbocycles. The van der Waals surface area contributed by atoms with E-state index in [0.717, 1.165) is 34.7 Å². The van der Waals surface area contributed by atoms with Crippen LogP contribution in [0.3, 0.4) is 0 Å². The number of anilines is 2. The summed E-state index contributed by atoms with van der Waals surface area (Å²) >= 11 is 0. The van der Waals surface area contributed by atoms with Crippen molar-refractivity contribution in [1.29, 1.82) is 0 Å². The molecule has 2 aromatic rings. The first-order valence-corrected chi connectivity index (χ1v) is 11.2. The molecule has 7 nitrogen and oxygen atoms in total. The second-order valence-electron chi connectivity index (χ2n) is 6.99. The zero-order chi connectivity index (χ0) is 21.2. The molecule has 156 valence electrons. The molecule has 0 bridgehead atoms. The van der Waals surface area contributed by atoms with Gasteiger partial charge in [-0.2, -0.15) is 0 Å². The number of aryl methyl sites for hydroxylation is 1. The molecule has 1 aliphatic heterocycles. The predicted octanol–water partition coefficient (Wildman–Crippen LogP) is 2.84. The molecule has 0 aliphatic carbocycles. The SMILES string of the molecule is COc1ccc(OC)c(N([C@@H](C)C(=O)N2CCCc3ccccc32)S(C)(=O)=O)c1. The number of ether oxygens (including phenoxy) is 2. The fraction of sp³-hybridized carbons (Fsp3) is 0.381. The largest absolute Gasteiger partial charge is 0.497 e. The van der Waals surface area contributed by atoms with Gasteiger partial charge in [0.1, 0.15) is 17.5 Å². The summed E-state index contributed by atoms with van der Waals surface area (Å²) in [5.41, 5.74) is 2.19. The van der Waals surface area contributed by atoms with Crippen molar-refractivity contribution in [1.82, 2.24) is 0 Å². The molecule has 3 rings (SSSR count). The number of carbonyl (C=O) groups excluding carboxylic acids is 1. The Bertz CT molecular complexity index is 1010. The summed E-state index contributed by atoms with van der Waals surface area (Å²) in [4.78, 5) is 15.1. The molecule has 0 aromatic heterocycles. The summed E-state index contributed by atoms with van der Waals surface area (Å²) < 4.78 is 37.2. The summed E-state index contributed by atoms with van der Waals surface area (Å²) in [5.74, 6) is 0.528. The summed E-state index contributed by atoms with van der Waals surface area (Å²) in [7, 11) is -0.832. The number of carbonyl (C=O) groups is 1. The van der Waals surface area contributed by atoms with Gasteiger partial charge in [-0.15, -0.1) is 0 Å². The average Bonchev–Trinajstić information content (AvgIpc) is 2.71. The first kappa shape index (κ1) is 21.0. The third kappa shape index (κ3) is 4.17. The first-order valence-electron chi connectivity index (χ1n) is 9.38. The topological polar surface area (TPSA) is 76.2 Å². The zero-order valence-electron chi connectivity index (χ0n) is 17.1. The Balaban J connectivity index is 2.05. The molecule has 29 heavy (non-hydrogen) atoms. The lowest BCUT2D eigenvalue weighted by molar-refractivity contribution is -0.119. The maximum atomic E-state index is 13.4. The van der Waals surface area contributed by atoms with Gasteiger partial charge < -0.3 is 14.4 Å². The fourth-order valence-corrected chi connectivity index (χ4v) is 4.90.